The summed E-state index contributed by atoms with van der Waals surface area (Å²) in [7, 11) is 0. The van der Waals surface area contributed by atoms with Gasteiger partial charge in [-0.3, -0.25) is 10.1 Å². The van der Waals surface area contributed by atoms with Gasteiger partial charge in [-0.15, -0.1) is 21.5 Å². The zero-order chi connectivity index (χ0) is 17.4. The molecular formula is C15H16N6O2S2. The Hall–Kier alpha value is -2.17. The molecule has 4 rings (SSSR count). The molecule has 1 fully saturated rings. The molecule has 0 saturated carbocycles. The number of hydrogen-bond acceptors (Lipinski definition) is 9. The molecule has 25 heavy (non-hydrogen) atoms. The summed E-state index contributed by atoms with van der Waals surface area (Å²) in [6, 6.07) is 0. The molecular weight excluding hydrogens is 360 g/mol. The van der Waals surface area contributed by atoms with Gasteiger partial charge in [0.15, 0.2) is 0 Å². The van der Waals surface area contributed by atoms with Crippen molar-refractivity contribution in [2.45, 2.75) is 13.8 Å². The lowest BCUT2D eigenvalue weighted by Gasteiger charge is -2.28. The monoisotopic (exact) mass is 376 g/mol. The zero-order valence-corrected chi connectivity index (χ0v) is 15.4. The number of carbonyl (C=O) groups is 1. The predicted octanol–water partition coefficient (Wildman–Crippen LogP) is 2.25. The molecule has 4 heterocycles. The van der Waals surface area contributed by atoms with Crippen molar-refractivity contribution >= 4 is 49.7 Å². The molecule has 0 atom stereocenters. The maximum Gasteiger partial charge on any atom is 0.267 e. The maximum absolute atomic E-state index is 12.7. The number of aromatic nitrogens is 4. The SMILES string of the molecule is Cc1nnc(NC(=O)c2sc3ncnc(N4CCOCC4)c3c2C)s1. The van der Waals surface area contributed by atoms with Crippen LogP contribution in [0.2, 0.25) is 0 Å². The number of morpholine rings is 1. The van der Waals surface area contributed by atoms with Crippen LogP contribution in [0.1, 0.15) is 20.2 Å². The van der Waals surface area contributed by atoms with E-state index in [0.29, 0.717) is 23.2 Å². The van der Waals surface area contributed by atoms with Crippen LogP contribution >= 0.6 is 22.7 Å². The molecule has 0 spiro atoms. The Balaban J connectivity index is 1.70. The van der Waals surface area contributed by atoms with Crippen LogP contribution in [0.4, 0.5) is 10.9 Å². The zero-order valence-electron chi connectivity index (χ0n) is 13.8. The average molecular weight is 376 g/mol. The molecule has 3 aromatic rings. The summed E-state index contributed by atoms with van der Waals surface area (Å²) in [6.45, 7) is 6.71. The van der Waals surface area contributed by atoms with Gasteiger partial charge in [0.2, 0.25) is 5.13 Å². The maximum atomic E-state index is 12.7. The quantitative estimate of drug-likeness (QED) is 0.749. The van der Waals surface area contributed by atoms with Crippen LogP contribution in [0.5, 0.6) is 0 Å². The highest BCUT2D eigenvalue weighted by atomic mass is 32.1. The van der Waals surface area contributed by atoms with E-state index in [1.807, 2.05) is 13.8 Å². The minimum absolute atomic E-state index is 0.190. The van der Waals surface area contributed by atoms with Crippen LogP contribution in [-0.4, -0.2) is 52.4 Å². The molecule has 1 amide bonds. The Morgan fingerprint density at radius 3 is 2.72 bits per heavy atom. The third-order valence-electron chi connectivity index (χ3n) is 3.97. The highest BCUT2D eigenvalue weighted by Gasteiger charge is 2.23. The molecule has 1 N–H and O–H groups in total. The predicted molar refractivity (Wildman–Crippen MR) is 97.8 cm³/mol. The third kappa shape index (κ3) is 3.08. The molecule has 1 aliphatic rings. The van der Waals surface area contributed by atoms with E-state index in [1.54, 1.807) is 6.33 Å². The van der Waals surface area contributed by atoms with Crippen LogP contribution in [0, 0.1) is 13.8 Å². The molecule has 130 valence electrons. The van der Waals surface area contributed by atoms with E-state index in [1.165, 1.54) is 22.7 Å². The van der Waals surface area contributed by atoms with Gasteiger partial charge in [-0.05, 0) is 19.4 Å². The number of thiophene rings is 1. The number of anilines is 2. The minimum Gasteiger partial charge on any atom is -0.378 e. The van der Waals surface area contributed by atoms with E-state index in [2.05, 4.69) is 30.4 Å². The van der Waals surface area contributed by atoms with Crippen molar-refractivity contribution in [3.8, 4) is 0 Å². The van der Waals surface area contributed by atoms with Gasteiger partial charge in [0, 0.05) is 13.1 Å². The van der Waals surface area contributed by atoms with Gasteiger partial charge in [0.05, 0.1) is 23.5 Å². The van der Waals surface area contributed by atoms with Crippen molar-refractivity contribution in [2.24, 2.45) is 0 Å². The van der Waals surface area contributed by atoms with E-state index in [4.69, 9.17) is 4.74 Å². The Kier molecular flexibility index (Phi) is 4.32. The molecule has 0 unspecified atom stereocenters. The summed E-state index contributed by atoms with van der Waals surface area (Å²) in [4.78, 5) is 25.1. The molecule has 0 radical (unpaired) electrons. The molecule has 1 saturated heterocycles. The van der Waals surface area contributed by atoms with Crippen molar-refractivity contribution in [3.63, 3.8) is 0 Å². The van der Waals surface area contributed by atoms with Crippen molar-refractivity contribution in [3.05, 3.63) is 21.8 Å². The highest BCUT2D eigenvalue weighted by molar-refractivity contribution is 7.21. The number of ether oxygens (including phenoxy) is 1. The fourth-order valence-electron chi connectivity index (χ4n) is 2.79. The summed E-state index contributed by atoms with van der Waals surface area (Å²) in [6.07, 6.45) is 1.55. The van der Waals surface area contributed by atoms with Gasteiger partial charge >= 0.3 is 0 Å². The van der Waals surface area contributed by atoms with Crippen LogP contribution in [-0.2, 0) is 4.74 Å². The molecule has 10 heteroatoms. The van der Waals surface area contributed by atoms with Gasteiger partial charge in [0.1, 0.15) is 22.0 Å². The van der Waals surface area contributed by atoms with E-state index in [9.17, 15) is 4.79 Å². The molecule has 8 nitrogen and oxygen atoms in total. The van der Waals surface area contributed by atoms with Crippen molar-refractivity contribution in [1.29, 1.82) is 0 Å². The topological polar surface area (TPSA) is 93.1 Å². The number of nitrogens with one attached hydrogen (secondary N) is 1. The number of hydrogen-bond donors (Lipinski definition) is 1. The Labute approximate surface area is 151 Å². The van der Waals surface area contributed by atoms with Gasteiger partial charge in [0.25, 0.3) is 5.91 Å². The lowest BCUT2D eigenvalue weighted by atomic mass is 10.2. The lowest BCUT2D eigenvalue weighted by molar-refractivity contribution is 0.103. The minimum atomic E-state index is -0.190. The second-order valence-electron chi connectivity index (χ2n) is 5.61. The fourth-order valence-corrected chi connectivity index (χ4v) is 4.41. The summed E-state index contributed by atoms with van der Waals surface area (Å²) < 4.78 is 5.42. The standard InChI is InChI=1S/C15H16N6O2S2/c1-8-10-12(21-3-5-23-6-4-21)16-7-17-14(10)25-11(8)13(22)18-15-20-19-9(2)24-15/h7H,3-6H2,1-2H3,(H,18,20,22). The molecule has 0 aromatic carbocycles. The largest absolute Gasteiger partial charge is 0.378 e. The summed E-state index contributed by atoms with van der Waals surface area (Å²) in [5.74, 6) is 0.678. The van der Waals surface area contributed by atoms with Gasteiger partial charge < -0.3 is 9.64 Å². The molecule has 0 aliphatic carbocycles. The first-order chi connectivity index (χ1) is 12.1. The van der Waals surface area contributed by atoms with Crippen molar-refractivity contribution < 1.29 is 9.53 Å². The smallest absolute Gasteiger partial charge is 0.267 e. The Bertz CT molecular complexity index is 931. The average Bonchev–Trinajstić information content (AvgIpc) is 3.19. The first-order valence-corrected chi connectivity index (χ1v) is 9.45. The highest BCUT2D eigenvalue weighted by Crippen LogP contribution is 2.35. The van der Waals surface area contributed by atoms with Gasteiger partial charge in [-0.25, -0.2) is 9.97 Å². The third-order valence-corrected chi connectivity index (χ3v) is 5.92. The van der Waals surface area contributed by atoms with Crippen molar-refractivity contribution in [2.75, 3.05) is 36.5 Å². The van der Waals surface area contributed by atoms with E-state index in [-0.39, 0.29) is 5.91 Å². The molecule has 3 aromatic heterocycles. The first kappa shape index (κ1) is 16.3. The summed E-state index contributed by atoms with van der Waals surface area (Å²) in [5, 5.41) is 12.9. The second kappa shape index (κ2) is 6.62. The van der Waals surface area contributed by atoms with Gasteiger partial charge in [-0.1, -0.05) is 11.3 Å². The van der Waals surface area contributed by atoms with Crippen LogP contribution in [0.25, 0.3) is 10.2 Å². The lowest BCUT2D eigenvalue weighted by Crippen LogP contribution is -2.36. The normalized spacial score (nSPS) is 14.9. The van der Waals surface area contributed by atoms with Crippen LogP contribution < -0.4 is 10.2 Å². The number of nitrogens with zero attached hydrogens (tertiary/aromatic N) is 5. The summed E-state index contributed by atoms with van der Waals surface area (Å²) >= 11 is 2.72. The number of rotatable bonds is 3. The number of carbonyl (C=O) groups excluding carboxylic acids is 1. The van der Waals surface area contributed by atoms with Crippen molar-refractivity contribution in [1.82, 2.24) is 20.2 Å². The summed E-state index contributed by atoms with van der Waals surface area (Å²) in [5.41, 5.74) is 0.890. The second-order valence-corrected chi connectivity index (χ2v) is 7.79. The number of amides is 1. The first-order valence-electron chi connectivity index (χ1n) is 7.81. The fraction of sp³-hybridized carbons (Fsp3) is 0.400. The van der Waals surface area contributed by atoms with Gasteiger partial charge in [-0.2, -0.15) is 0 Å². The molecule has 1 aliphatic heterocycles. The van der Waals surface area contributed by atoms with E-state index in [0.717, 1.165) is 39.7 Å². The van der Waals surface area contributed by atoms with E-state index >= 15 is 0 Å². The Morgan fingerprint density at radius 1 is 1.20 bits per heavy atom. The number of fused-ring (bicyclic) bond motifs is 1. The van der Waals surface area contributed by atoms with E-state index < -0.39 is 0 Å². The van der Waals surface area contributed by atoms with Crippen LogP contribution in [0.15, 0.2) is 6.33 Å². The Morgan fingerprint density at radius 2 is 2.00 bits per heavy atom. The molecule has 0 bridgehead atoms. The van der Waals surface area contributed by atoms with Crippen LogP contribution in [0.3, 0.4) is 0 Å². The number of aryl methyl sites for hydroxylation is 2.